The molecule has 0 spiro atoms. The van der Waals surface area contributed by atoms with Gasteiger partial charge in [-0.3, -0.25) is 4.90 Å². The van der Waals surface area contributed by atoms with E-state index in [2.05, 4.69) is 63.9 Å². The molecule has 2 N–H and O–H groups in total. The van der Waals surface area contributed by atoms with E-state index in [0.717, 1.165) is 13.2 Å². The van der Waals surface area contributed by atoms with E-state index >= 15 is 0 Å². The summed E-state index contributed by atoms with van der Waals surface area (Å²) in [5.74, 6) is 0. The molecule has 0 aliphatic heterocycles. The summed E-state index contributed by atoms with van der Waals surface area (Å²) in [4.78, 5) is 2.24. The number of methoxy groups -OCH3 is 1. The molecule has 0 aliphatic carbocycles. The van der Waals surface area contributed by atoms with Crippen LogP contribution in [0.5, 0.6) is 0 Å². The third-order valence-electron chi connectivity index (χ3n) is 3.85. The Hall–Kier alpha value is -0.900. The fourth-order valence-corrected chi connectivity index (χ4v) is 2.19. The van der Waals surface area contributed by atoms with Crippen molar-refractivity contribution in [1.29, 1.82) is 0 Å². The monoisotopic (exact) mass is 278 g/mol. The van der Waals surface area contributed by atoms with Crippen molar-refractivity contribution in [2.75, 3.05) is 27.3 Å². The van der Waals surface area contributed by atoms with Gasteiger partial charge >= 0.3 is 0 Å². The van der Waals surface area contributed by atoms with Crippen LogP contribution in [0.2, 0.25) is 0 Å². The van der Waals surface area contributed by atoms with Crippen LogP contribution in [-0.4, -0.2) is 38.3 Å². The van der Waals surface area contributed by atoms with Crippen LogP contribution in [0.4, 0.5) is 0 Å². The van der Waals surface area contributed by atoms with Crippen molar-refractivity contribution < 1.29 is 4.74 Å². The molecule has 0 aromatic heterocycles. The summed E-state index contributed by atoms with van der Waals surface area (Å²) in [6.45, 7) is 10.4. The quantitative estimate of drug-likeness (QED) is 0.869. The Bertz CT molecular complexity index is 394. The SMILES string of the molecule is COCC(C)N(C)CC(N)c1ccc(C(C)(C)C)cc1. The molecule has 0 saturated carbocycles. The molecule has 0 heterocycles. The zero-order chi connectivity index (χ0) is 15.3. The Morgan fingerprint density at radius 2 is 1.75 bits per heavy atom. The van der Waals surface area contributed by atoms with Crippen LogP contribution >= 0.6 is 0 Å². The van der Waals surface area contributed by atoms with Crippen LogP contribution < -0.4 is 5.73 Å². The number of benzene rings is 1. The molecule has 0 radical (unpaired) electrons. The van der Waals surface area contributed by atoms with E-state index in [9.17, 15) is 0 Å². The lowest BCUT2D eigenvalue weighted by Gasteiger charge is -2.27. The minimum absolute atomic E-state index is 0.0355. The Morgan fingerprint density at radius 3 is 2.20 bits per heavy atom. The molecule has 0 aliphatic rings. The van der Waals surface area contributed by atoms with E-state index in [1.807, 2.05) is 0 Å². The van der Waals surface area contributed by atoms with Gasteiger partial charge < -0.3 is 10.5 Å². The van der Waals surface area contributed by atoms with Crippen molar-refractivity contribution in [2.45, 2.75) is 45.2 Å². The van der Waals surface area contributed by atoms with Crippen molar-refractivity contribution in [3.8, 4) is 0 Å². The summed E-state index contributed by atoms with van der Waals surface area (Å²) >= 11 is 0. The summed E-state index contributed by atoms with van der Waals surface area (Å²) in [6, 6.07) is 9.09. The minimum atomic E-state index is 0.0355. The van der Waals surface area contributed by atoms with E-state index in [1.54, 1.807) is 7.11 Å². The number of ether oxygens (including phenoxy) is 1. The molecule has 0 bridgehead atoms. The summed E-state index contributed by atoms with van der Waals surface area (Å²) in [5.41, 5.74) is 9.02. The molecule has 0 saturated heterocycles. The van der Waals surface area contributed by atoms with Crippen LogP contribution in [0, 0.1) is 0 Å². The fourth-order valence-electron chi connectivity index (χ4n) is 2.19. The predicted octanol–water partition coefficient (Wildman–Crippen LogP) is 2.95. The standard InChI is InChI=1S/C17H30N2O/c1-13(12-20-6)19(5)11-16(18)14-7-9-15(10-8-14)17(2,3)4/h7-10,13,16H,11-12,18H2,1-6H3. The molecule has 114 valence electrons. The summed E-state index contributed by atoms with van der Waals surface area (Å²) in [5, 5.41) is 0. The van der Waals surface area contributed by atoms with Gasteiger partial charge in [0, 0.05) is 25.7 Å². The van der Waals surface area contributed by atoms with Crippen LogP contribution in [0.25, 0.3) is 0 Å². The second-order valence-corrected chi connectivity index (χ2v) is 6.72. The lowest BCUT2D eigenvalue weighted by atomic mass is 9.86. The maximum atomic E-state index is 6.31. The zero-order valence-corrected chi connectivity index (χ0v) is 13.8. The van der Waals surface area contributed by atoms with Gasteiger partial charge in [0.1, 0.15) is 0 Å². The fraction of sp³-hybridized carbons (Fsp3) is 0.647. The van der Waals surface area contributed by atoms with Gasteiger partial charge in [0.2, 0.25) is 0 Å². The lowest BCUT2D eigenvalue weighted by Crippen LogP contribution is -2.37. The number of nitrogens with zero attached hydrogens (tertiary/aromatic N) is 1. The average Bonchev–Trinajstić information content (AvgIpc) is 2.38. The number of likely N-dealkylation sites (N-methyl/N-ethyl adjacent to an activating group) is 1. The summed E-state index contributed by atoms with van der Waals surface area (Å²) in [7, 11) is 3.82. The Balaban J connectivity index is 2.66. The van der Waals surface area contributed by atoms with Crippen LogP contribution in [0.15, 0.2) is 24.3 Å². The highest BCUT2D eigenvalue weighted by Gasteiger charge is 2.16. The average molecular weight is 278 g/mol. The van der Waals surface area contributed by atoms with Crippen molar-refractivity contribution >= 4 is 0 Å². The Kier molecular flexibility index (Phi) is 6.18. The molecular formula is C17H30N2O. The van der Waals surface area contributed by atoms with Crippen molar-refractivity contribution in [3.05, 3.63) is 35.4 Å². The predicted molar refractivity (Wildman–Crippen MR) is 86.0 cm³/mol. The molecule has 0 fully saturated rings. The van der Waals surface area contributed by atoms with Gasteiger partial charge in [0.15, 0.2) is 0 Å². The van der Waals surface area contributed by atoms with E-state index in [-0.39, 0.29) is 11.5 Å². The molecule has 1 rings (SSSR count). The van der Waals surface area contributed by atoms with Gasteiger partial charge in [-0.05, 0) is 30.5 Å². The van der Waals surface area contributed by atoms with Crippen molar-refractivity contribution in [1.82, 2.24) is 4.90 Å². The zero-order valence-electron chi connectivity index (χ0n) is 13.8. The van der Waals surface area contributed by atoms with Gasteiger partial charge in [-0.2, -0.15) is 0 Å². The first-order valence-electron chi connectivity index (χ1n) is 7.31. The first kappa shape index (κ1) is 17.2. The number of rotatable bonds is 6. The van der Waals surface area contributed by atoms with Gasteiger partial charge in [-0.1, -0.05) is 45.0 Å². The minimum Gasteiger partial charge on any atom is -0.383 e. The number of hydrogen-bond acceptors (Lipinski definition) is 3. The van der Waals surface area contributed by atoms with Gasteiger partial charge in [0.05, 0.1) is 6.61 Å². The molecule has 3 heteroatoms. The first-order valence-corrected chi connectivity index (χ1v) is 7.31. The highest BCUT2D eigenvalue weighted by Crippen LogP contribution is 2.23. The first-order chi connectivity index (χ1) is 9.25. The number of nitrogens with two attached hydrogens (primary N) is 1. The van der Waals surface area contributed by atoms with Gasteiger partial charge in [0.25, 0.3) is 0 Å². The largest absolute Gasteiger partial charge is 0.383 e. The van der Waals surface area contributed by atoms with Crippen molar-refractivity contribution in [3.63, 3.8) is 0 Å². The van der Waals surface area contributed by atoms with Crippen LogP contribution in [0.3, 0.4) is 0 Å². The molecule has 2 unspecified atom stereocenters. The molecule has 2 atom stereocenters. The maximum Gasteiger partial charge on any atom is 0.0615 e. The number of hydrogen-bond donors (Lipinski definition) is 1. The highest BCUT2D eigenvalue weighted by molar-refractivity contribution is 5.29. The Labute approximate surface area is 124 Å². The normalized spacial score (nSPS) is 15.4. The third-order valence-corrected chi connectivity index (χ3v) is 3.85. The molecule has 3 nitrogen and oxygen atoms in total. The molecule has 1 aromatic carbocycles. The molecule has 1 aromatic rings. The van der Waals surface area contributed by atoms with E-state index in [0.29, 0.717) is 6.04 Å². The lowest BCUT2D eigenvalue weighted by molar-refractivity contribution is 0.112. The maximum absolute atomic E-state index is 6.31. The van der Waals surface area contributed by atoms with Gasteiger partial charge in [-0.15, -0.1) is 0 Å². The molecule has 20 heavy (non-hydrogen) atoms. The van der Waals surface area contributed by atoms with Crippen LogP contribution in [0.1, 0.15) is 44.9 Å². The Morgan fingerprint density at radius 1 is 1.20 bits per heavy atom. The van der Waals surface area contributed by atoms with E-state index < -0.39 is 0 Å². The summed E-state index contributed by atoms with van der Waals surface area (Å²) < 4.78 is 5.18. The van der Waals surface area contributed by atoms with Crippen LogP contribution in [-0.2, 0) is 10.2 Å². The summed E-state index contributed by atoms with van der Waals surface area (Å²) in [6.07, 6.45) is 0. The smallest absolute Gasteiger partial charge is 0.0615 e. The van der Waals surface area contributed by atoms with Crippen molar-refractivity contribution in [2.24, 2.45) is 5.73 Å². The third kappa shape index (κ3) is 4.89. The second-order valence-electron chi connectivity index (χ2n) is 6.72. The highest BCUT2D eigenvalue weighted by atomic mass is 16.5. The van der Waals surface area contributed by atoms with Gasteiger partial charge in [-0.25, -0.2) is 0 Å². The van der Waals surface area contributed by atoms with E-state index in [4.69, 9.17) is 10.5 Å². The second kappa shape index (κ2) is 7.21. The van der Waals surface area contributed by atoms with E-state index in [1.165, 1.54) is 11.1 Å². The molecule has 0 amide bonds. The molecular weight excluding hydrogens is 248 g/mol. The topological polar surface area (TPSA) is 38.5 Å².